The van der Waals surface area contributed by atoms with Crippen LogP contribution in [-0.2, 0) is 24.2 Å². The Morgan fingerprint density at radius 3 is 2.35 bits per heavy atom. The molecule has 3 amide bonds. The van der Waals surface area contributed by atoms with Gasteiger partial charge in [0.15, 0.2) is 5.13 Å². The van der Waals surface area contributed by atoms with Gasteiger partial charge < -0.3 is 15.5 Å². The summed E-state index contributed by atoms with van der Waals surface area (Å²) in [6.07, 6.45) is -2.06. The lowest BCUT2D eigenvalue weighted by molar-refractivity contribution is -0.114. The summed E-state index contributed by atoms with van der Waals surface area (Å²) < 4.78 is 14.6. The van der Waals surface area contributed by atoms with Gasteiger partial charge in [0.25, 0.3) is 0 Å². The van der Waals surface area contributed by atoms with Crippen molar-refractivity contribution in [3.63, 3.8) is 0 Å². The summed E-state index contributed by atoms with van der Waals surface area (Å²) in [4.78, 5) is 38.6. The minimum absolute atomic E-state index is 0.217. The maximum atomic E-state index is 14.6. The van der Waals surface area contributed by atoms with Crippen LogP contribution in [0.5, 0.6) is 0 Å². The number of benzene rings is 1. The minimum Gasteiger partial charge on any atom is -0.464 e. The molecule has 31 heavy (non-hydrogen) atoms. The Morgan fingerprint density at radius 2 is 1.84 bits per heavy atom. The van der Waals surface area contributed by atoms with Crippen LogP contribution in [0.4, 0.5) is 19.1 Å². The van der Waals surface area contributed by atoms with E-state index < -0.39 is 23.5 Å². The number of hydrazine groups is 1. The van der Waals surface area contributed by atoms with Gasteiger partial charge in [0, 0.05) is 12.3 Å². The Balaban J connectivity index is 2.11. The van der Waals surface area contributed by atoms with E-state index >= 15 is 0 Å². The first kappa shape index (κ1) is 24.1. The second-order valence-electron chi connectivity index (χ2n) is 7.86. The Kier molecular flexibility index (Phi) is 7.55. The molecule has 0 saturated carbocycles. The smallest absolute Gasteiger partial charge is 0.427 e. The van der Waals surface area contributed by atoms with Crippen molar-refractivity contribution in [2.75, 3.05) is 5.32 Å². The van der Waals surface area contributed by atoms with E-state index in [1.807, 2.05) is 0 Å². The third-order valence-corrected chi connectivity index (χ3v) is 5.02. The molecule has 1 aromatic carbocycles. The van der Waals surface area contributed by atoms with Gasteiger partial charge in [-0.1, -0.05) is 12.1 Å². The fraction of sp³-hybridized carbons (Fsp3) is 0.400. The summed E-state index contributed by atoms with van der Waals surface area (Å²) >= 11 is 1.29. The van der Waals surface area contributed by atoms with Gasteiger partial charge in [-0.25, -0.2) is 29.0 Å². The molecule has 0 radical (unpaired) electrons. The molecular formula is C20H25FN4O5S. The third kappa shape index (κ3) is 6.64. The number of nitrogens with zero attached hydrogens (tertiary/aromatic N) is 3. The summed E-state index contributed by atoms with van der Waals surface area (Å²) in [5.41, 5.74) is 0.453. The highest BCUT2D eigenvalue weighted by atomic mass is 32.1. The molecule has 0 aliphatic carbocycles. The van der Waals surface area contributed by atoms with Crippen molar-refractivity contribution in [2.24, 2.45) is 0 Å². The Bertz CT molecular complexity index is 973. The molecule has 1 heterocycles. The van der Waals surface area contributed by atoms with Crippen LogP contribution >= 0.6 is 11.3 Å². The fourth-order valence-corrected chi connectivity index (χ4v) is 3.72. The number of carbonyl (C=O) groups is 3. The van der Waals surface area contributed by atoms with Gasteiger partial charge in [0.2, 0.25) is 5.91 Å². The van der Waals surface area contributed by atoms with Crippen LogP contribution < -0.4 is 5.32 Å². The molecule has 11 heteroatoms. The first-order chi connectivity index (χ1) is 14.4. The van der Waals surface area contributed by atoms with E-state index in [4.69, 9.17) is 0 Å². The zero-order valence-electron chi connectivity index (χ0n) is 17.7. The van der Waals surface area contributed by atoms with Crippen molar-refractivity contribution in [3.8, 4) is 0 Å². The van der Waals surface area contributed by atoms with E-state index in [-0.39, 0.29) is 12.5 Å². The number of amides is 3. The van der Waals surface area contributed by atoms with Crippen molar-refractivity contribution in [2.45, 2.75) is 52.6 Å². The van der Waals surface area contributed by atoms with Crippen molar-refractivity contribution in [1.82, 2.24) is 15.0 Å². The van der Waals surface area contributed by atoms with Crippen molar-refractivity contribution >= 4 is 34.6 Å². The van der Waals surface area contributed by atoms with Crippen LogP contribution in [0.15, 0.2) is 23.6 Å². The zero-order chi connectivity index (χ0) is 23.3. The predicted molar refractivity (Wildman–Crippen MR) is 113 cm³/mol. The molecule has 0 unspecified atom stereocenters. The summed E-state index contributed by atoms with van der Waals surface area (Å²) in [6, 6.07) is 4.33. The molecule has 9 nitrogen and oxygen atoms in total. The van der Waals surface area contributed by atoms with E-state index in [2.05, 4.69) is 10.3 Å². The van der Waals surface area contributed by atoms with E-state index in [1.165, 1.54) is 24.3 Å². The molecule has 2 aromatic rings. The maximum absolute atomic E-state index is 14.6. The van der Waals surface area contributed by atoms with Gasteiger partial charge in [-0.2, -0.15) is 0 Å². The molecule has 0 spiro atoms. The van der Waals surface area contributed by atoms with Crippen LogP contribution in [0.3, 0.4) is 0 Å². The molecule has 0 fully saturated rings. The molecule has 0 atom stereocenters. The average molecular weight is 453 g/mol. The largest absolute Gasteiger partial charge is 0.464 e. The Labute approximate surface area is 183 Å². The average Bonchev–Trinajstić information content (AvgIpc) is 3.05. The monoisotopic (exact) mass is 452 g/mol. The molecule has 0 saturated heterocycles. The summed E-state index contributed by atoms with van der Waals surface area (Å²) in [7, 11) is 0. The summed E-state index contributed by atoms with van der Waals surface area (Å²) in [5, 5.41) is 25.2. The number of anilines is 1. The second-order valence-corrected chi connectivity index (χ2v) is 8.71. The zero-order valence-corrected chi connectivity index (χ0v) is 18.5. The number of hydrogen-bond donors (Lipinski definition) is 3. The van der Waals surface area contributed by atoms with Gasteiger partial charge in [-0.3, -0.25) is 4.79 Å². The maximum Gasteiger partial charge on any atom is 0.427 e. The van der Waals surface area contributed by atoms with Crippen LogP contribution in [0, 0.1) is 5.82 Å². The number of aromatic nitrogens is 1. The van der Waals surface area contributed by atoms with Crippen molar-refractivity contribution in [3.05, 3.63) is 46.2 Å². The molecule has 0 aliphatic rings. The van der Waals surface area contributed by atoms with Crippen LogP contribution in [0.2, 0.25) is 0 Å². The lowest BCUT2D eigenvalue weighted by Gasteiger charge is -2.39. The predicted octanol–water partition coefficient (Wildman–Crippen LogP) is 4.20. The first-order valence-corrected chi connectivity index (χ1v) is 10.3. The summed E-state index contributed by atoms with van der Waals surface area (Å²) in [6.45, 7) is 5.77. The Morgan fingerprint density at radius 1 is 1.16 bits per heavy atom. The lowest BCUT2D eigenvalue weighted by atomic mass is 10.1. The molecule has 0 bridgehead atoms. The van der Waals surface area contributed by atoms with Gasteiger partial charge in [-0.15, -0.1) is 11.3 Å². The number of halogens is 1. The van der Waals surface area contributed by atoms with Crippen LogP contribution in [0.25, 0.3) is 0 Å². The highest BCUT2D eigenvalue weighted by molar-refractivity contribution is 7.13. The highest BCUT2D eigenvalue weighted by Gasteiger charge is 2.35. The van der Waals surface area contributed by atoms with E-state index in [0.717, 1.165) is 5.69 Å². The highest BCUT2D eigenvalue weighted by Crippen LogP contribution is 2.22. The summed E-state index contributed by atoms with van der Waals surface area (Å²) in [5.74, 6) is -0.733. The number of aryl methyl sites for hydroxylation is 2. The standard InChI is InChI=1S/C20H25FN4O5S/c1-12(26)22-17-23-15(11-31-17)8-7-14-6-5-13(9-16(14)21)10-24(18(27)28)25(19(29)30)20(2,3)4/h5-6,9,11H,7-8,10H2,1-4H3,(H,27,28)(H,29,30)(H,22,23,26). The third-order valence-electron chi connectivity index (χ3n) is 4.21. The minimum atomic E-state index is -1.46. The molecule has 1 aromatic heterocycles. The van der Waals surface area contributed by atoms with Gasteiger partial charge in [0.05, 0.1) is 17.8 Å². The van der Waals surface area contributed by atoms with E-state index in [1.54, 1.807) is 38.3 Å². The molecule has 3 N–H and O–H groups in total. The lowest BCUT2D eigenvalue weighted by Crippen LogP contribution is -2.57. The SMILES string of the molecule is CC(=O)Nc1nc(CCc2ccc(CN(C(=O)O)N(C(=O)O)C(C)(C)C)cc2F)cs1. The van der Waals surface area contributed by atoms with Crippen LogP contribution in [0.1, 0.15) is 44.5 Å². The van der Waals surface area contributed by atoms with E-state index in [9.17, 15) is 29.0 Å². The van der Waals surface area contributed by atoms with Crippen molar-refractivity contribution < 1.29 is 29.0 Å². The number of thiazole rings is 1. The van der Waals surface area contributed by atoms with Crippen molar-refractivity contribution in [1.29, 1.82) is 0 Å². The molecule has 0 aliphatic heterocycles. The van der Waals surface area contributed by atoms with Crippen LogP contribution in [-0.4, -0.2) is 48.8 Å². The quantitative estimate of drug-likeness (QED) is 0.565. The second kappa shape index (κ2) is 9.73. The fourth-order valence-electron chi connectivity index (χ4n) is 2.93. The molecule has 168 valence electrons. The first-order valence-electron chi connectivity index (χ1n) is 9.41. The number of carboxylic acid groups (broad SMARTS) is 2. The number of nitrogens with one attached hydrogen (secondary N) is 1. The number of rotatable bonds is 6. The normalized spacial score (nSPS) is 11.1. The van der Waals surface area contributed by atoms with Gasteiger partial charge in [0.1, 0.15) is 5.82 Å². The molecular weight excluding hydrogens is 427 g/mol. The van der Waals surface area contributed by atoms with E-state index in [0.29, 0.717) is 39.1 Å². The van der Waals surface area contributed by atoms with Gasteiger partial charge >= 0.3 is 12.2 Å². The number of carbonyl (C=O) groups excluding carboxylic acids is 1. The van der Waals surface area contributed by atoms with Gasteiger partial charge in [-0.05, 0) is 50.8 Å². The topological polar surface area (TPSA) is 123 Å². The number of hydrogen-bond acceptors (Lipinski definition) is 5. The molecule has 2 rings (SSSR count). The Hall–Kier alpha value is -3.21.